The van der Waals surface area contributed by atoms with Crippen LogP contribution in [-0.2, 0) is 10.8 Å². The summed E-state index contributed by atoms with van der Waals surface area (Å²) in [5.41, 5.74) is 18.7. The Balaban J connectivity index is 1.14. The largest absolute Gasteiger partial charge is 0.310 e. The first-order chi connectivity index (χ1) is 26.2. The van der Waals surface area contributed by atoms with Gasteiger partial charge < -0.3 is 4.90 Å². The molecule has 2 bridgehead atoms. The van der Waals surface area contributed by atoms with Crippen molar-refractivity contribution in [2.45, 2.75) is 82.0 Å². The highest BCUT2D eigenvalue weighted by Crippen LogP contribution is 2.67. The first-order valence-electron chi connectivity index (χ1n) is 20.6. The Bertz CT molecular complexity index is 2330. The molecule has 0 saturated heterocycles. The van der Waals surface area contributed by atoms with Crippen molar-refractivity contribution < 1.29 is 0 Å². The van der Waals surface area contributed by atoms with E-state index in [1.165, 1.54) is 120 Å². The molecule has 11 rings (SSSR count). The van der Waals surface area contributed by atoms with E-state index in [0.29, 0.717) is 11.8 Å². The van der Waals surface area contributed by atoms with Crippen molar-refractivity contribution in [2.24, 2.45) is 17.8 Å². The summed E-state index contributed by atoms with van der Waals surface area (Å²) in [6, 6.07) is 53.9. The first-order valence-corrected chi connectivity index (χ1v) is 20.6. The molecule has 0 radical (unpaired) electrons. The van der Waals surface area contributed by atoms with E-state index in [1.807, 2.05) is 0 Å². The van der Waals surface area contributed by atoms with Gasteiger partial charge in [-0.15, -0.1) is 0 Å². The third-order valence-corrected chi connectivity index (χ3v) is 14.8. The maximum absolute atomic E-state index is 2.63. The van der Waals surface area contributed by atoms with E-state index in [-0.39, 0.29) is 10.8 Å². The Morgan fingerprint density at radius 1 is 0.528 bits per heavy atom. The molecule has 6 aromatic carbocycles. The van der Waals surface area contributed by atoms with Gasteiger partial charge in [0, 0.05) is 27.8 Å². The van der Waals surface area contributed by atoms with Crippen LogP contribution in [-0.4, -0.2) is 0 Å². The fourth-order valence-corrected chi connectivity index (χ4v) is 12.6. The number of hydrogen-bond donors (Lipinski definition) is 0. The fraction of sp³-hybridized carbons (Fsp3) is 0.308. The maximum atomic E-state index is 2.63. The zero-order valence-electron chi connectivity index (χ0n) is 31.0. The molecule has 1 heteroatoms. The monoisotopic (exact) mass is 687 g/mol. The summed E-state index contributed by atoms with van der Waals surface area (Å²) in [4.78, 5) is 2.63. The Kier molecular flexibility index (Phi) is 7.20. The fourth-order valence-electron chi connectivity index (χ4n) is 12.6. The minimum atomic E-state index is 0.113. The molecule has 3 fully saturated rings. The van der Waals surface area contributed by atoms with Crippen molar-refractivity contribution in [3.8, 4) is 33.4 Å². The van der Waals surface area contributed by atoms with Crippen molar-refractivity contribution in [3.05, 3.63) is 162 Å². The molecule has 3 saturated carbocycles. The summed E-state index contributed by atoms with van der Waals surface area (Å²) >= 11 is 0. The standard InChI is InChI=1S/C52H49N/c1-2-35-32-38-16-12-17-39(33-35)52(38)46-21-9-7-19-44(46)50-47(52)22-13-23-49(50)53(40-26-24-37(25-27-40)36-14-4-3-5-15-36)41-28-29-43-42-18-6-8-20-45(42)51(48(43)34-41)30-10-11-31-51/h3-9,13-15,18-29,34-35,38-39H,2,10-12,16-17,30-33H2,1H3. The smallest absolute Gasteiger partial charge is 0.0543 e. The molecule has 0 aromatic heterocycles. The lowest BCUT2D eigenvalue weighted by Gasteiger charge is -2.55. The van der Waals surface area contributed by atoms with Gasteiger partial charge in [-0.05, 0) is 137 Å². The van der Waals surface area contributed by atoms with Gasteiger partial charge in [0.2, 0.25) is 0 Å². The molecule has 2 spiro atoms. The van der Waals surface area contributed by atoms with Crippen molar-refractivity contribution in [1.29, 1.82) is 0 Å². The molecule has 0 amide bonds. The molecule has 0 heterocycles. The Morgan fingerprint density at radius 3 is 1.91 bits per heavy atom. The lowest BCUT2D eigenvalue weighted by Crippen LogP contribution is -2.49. The highest BCUT2D eigenvalue weighted by Gasteiger charge is 2.58. The molecule has 5 aliphatic carbocycles. The van der Waals surface area contributed by atoms with Gasteiger partial charge in [0.25, 0.3) is 0 Å². The van der Waals surface area contributed by atoms with Crippen LogP contribution in [0.5, 0.6) is 0 Å². The highest BCUT2D eigenvalue weighted by atomic mass is 15.1. The van der Waals surface area contributed by atoms with Gasteiger partial charge >= 0.3 is 0 Å². The molecule has 1 nitrogen and oxygen atoms in total. The zero-order valence-corrected chi connectivity index (χ0v) is 31.0. The number of benzene rings is 6. The number of rotatable bonds is 5. The number of nitrogens with zero attached hydrogens (tertiary/aromatic N) is 1. The maximum Gasteiger partial charge on any atom is 0.0543 e. The first kappa shape index (κ1) is 31.6. The van der Waals surface area contributed by atoms with E-state index in [0.717, 1.165) is 5.92 Å². The summed E-state index contributed by atoms with van der Waals surface area (Å²) < 4.78 is 0. The van der Waals surface area contributed by atoms with E-state index in [1.54, 1.807) is 16.7 Å². The topological polar surface area (TPSA) is 3.24 Å². The van der Waals surface area contributed by atoms with E-state index in [2.05, 4.69) is 151 Å². The summed E-state index contributed by atoms with van der Waals surface area (Å²) in [6.45, 7) is 2.43. The van der Waals surface area contributed by atoms with Gasteiger partial charge in [0.1, 0.15) is 0 Å². The predicted molar refractivity (Wildman–Crippen MR) is 221 cm³/mol. The number of hydrogen-bond acceptors (Lipinski definition) is 1. The van der Waals surface area contributed by atoms with Crippen molar-refractivity contribution in [3.63, 3.8) is 0 Å². The molecule has 5 aliphatic rings. The zero-order chi connectivity index (χ0) is 35.1. The Morgan fingerprint density at radius 2 is 1.15 bits per heavy atom. The predicted octanol–water partition coefficient (Wildman–Crippen LogP) is 14.2. The van der Waals surface area contributed by atoms with Crippen molar-refractivity contribution in [1.82, 2.24) is 0 Å². The van der Waals surface area contributed by atoms with Gasteiger partial charge in [-0.3, -0.25) is 0 Å². The molecule has 0 aliphatic heterocycles. The van der Waals surface area contributed by atoms with Crippen LogP contribution < -0.4 is 4.90 Å². The second-order valence-corrected chi connectivity index (χ2v) is 17.0. The normalized spacial score (nSPS) is 24.1. The van der Waals surface area contributed by atoms with Gasteiger partial charge in [-0.2, -0.15) is 0 Å². The summed E-state index contributed by atoms with van der Waals surface area (Å²) in [7, 11) is 0. The van der Waals surface area contributed by atoms with Crippen LogP contribution in [0, 0.1) is 17.8 Å². The van der Waals surface area contributed by atoms with Gasteiger partial charge in [-0.25, -0.2) is 0 Å². The highest BCUT2D eigenvalue weighted by molar-refractivity contribution is 5.96. The molecule has 0 N–H and O–H groups in total. The third kappa shape index (κ3) is 4.43. The van der Waals surface area contributed by atoms with Crippen LogP contribution >= 0.6 is 0 Å². The van der Waals surface area contributed by atoms with Crippen LogP contribution in [0.2, 0.25) is 0 Å². The van der Waals surface area contributed by atoms with Gasteiger partial charge in [-0.1, -0.05) is 142 Å². The lowest BCUT2D eigenvalue weighted by atomic mass is 9.49. The second-order valence-electron chi connectivity index (χ2n) is 17.0. The average Bonchev–Trinajstić information content (AvgIpc) is 3.89. The summed E-state index contributed by atoms with van der Waals surface area (Å²) in [5.74, 6) is 2.27. The Labute approximate surface area is 315 Å². The molecule has 6 aromatic rings. The minimum Gasteiger partial charge on any atom is -0.310 e. The van der Waals surface area contributed by atoms with Gasteiger partial charge in [0.15, 0.2) is 0 Å². The van der Waals surface area contributed by atoms with Crippen LogP contribution in [0.25, 0.3) is 33.4 Å². The number of fused-ring (bicyclic) bond motifs is 8. The minimum absolute atomic E-state index is 0.113. The van der Waals surface area contributed by atoms with E-state index >= 15 is 0 Å². The SMILES string of the molecule is CCC1CC2CCCC(C1)C21c2ccccc2-c2c(N(c3ccc(-c4ccccc4)cc3)c3ccc4c(c3)C3(CCCC3)c3ccccc3-4)cccc21. The quantitative estimate of drug-likeness (QED) is 0.174. The van der Waals surface area contributed by atoms with Gasteiger partial charge in [0.05, 0.1) is 5.69 Å². The Hall–Kier alpha value is -4.88. The van der Waals surface area contributed by atoms with Crippen molar-refractivity contribution in [2.75, 3.05) is 4.90 Å². The summed E-state index contributed by atoms with van der Waals surface area (Å²) in [6.07, 6.45) is 13.2. The van der Waals surface area contributed by atoms with E-state index in [9.17, 15) is 0 Å². The molecule has 2 unspecified atom stereocenters. The molecule has 262 valence electrons. The van der Waals surface area contributed by atoms with Crippen LogP contribution in [0.15, 0.2) is 140 Å². The molecular weight excluding hydrogens is 639 g/mol. The molecule has 53 heavy (non-hydrogen) atoms. The third-order valence-electron chi connectivity index (χ3n) is 14.8. The van der Waals surface area contributed by atoms with Crippen molar-refractivity contribution >= 4 is 17.1 Å². The average molecular weight is 688 g/mol. The lowest BCUT2D eigenvalue weighted by molar-refractivity contribution is 0.0492. The second kappa shape index (κ2) is 12.1. The molecule has 2 atom stereocenters. The van der Waals surface area contributed by atoms with Crippen LogP contribution in [0.4, 0.5) is 17.1 Å². The summed E-state index contributed by atoms with van der Waals surface area (Å²) in [5, 5.41) is 0. The molecular formula is C52H49N. The van der Waals surface area contributed by atoms with Crippen LogP contribution in [0.1, 0.15) is 93.4 Å². The number of anilines is 3. The van der Waals surface area contributed by atoms with E-state index in [4.69, 9.17) is 0 Å². The van der Waals surface area contributed by atoms with E-state index < -0.39 is 0 Å². The van der Waals surface area contributed by atoms with Crippen LogP contribution in [0.3, 0.4) is 0 Å².